The summed E-state index contributed by atoms with van der Waals surface area (Å²) in [6.45, 7) is 16.1. The van der Waals surface area contributed by atoms with Gasteiger partial charge in [0.05, 0.1) is 22.7 Å². The van der Waals surface area contributed by atoms with Gasteiger partial charge in [0.2, 0.25) is 5.91 Å². The van der Waals surface area contributed by atoms with Crippen molar-refractivity contribution in [2.45, 2.75) is 91.2 Å². The highest BCUT2D eigenvalue weighted by Gasteiger charge is 2.30. The highest BCUT2D eigenvalue weighted by atomic mass is 32.1. The van der Waals surface area contributed by atoms with Gasteiger partial charge in [0.15, 0.2) is 0 Å². The number of rotatable bonds is 7. The van der Waals surface area contributed by atoms with E-state index >= 15 is 0 Å². The molecule has 7 heteroatoms. The van der Waals surface area contributed by atoms with E-state index in [4.69, 9.17) is 4.74 Å². The molecule has 154 valence electrons. The molecule has 0 aliphatic rings. The smallest absolute Gasteiger partial charge is 0.407 e. The first-order chi connectivity index (χ1) is 12.3. The summed E-state index contributed by atoms with van der Waals surface area (Å²) < 4.78 is 5.29. The summed E-state index contributed by atoms with van der Waals surface area (Å²) in [6, 6.07) is 0. The van der Waals surface area contributed by atoms with E-state index in [1.165, 1.54) is 0 Å². The van der Waals surface area contributed by atoms with E-state index < -0.39 is 17.2 Å². The molecule has 1 heterocycles. The number of carbonyl (C=O) groups is 2. The van der Waals surface area contributed by atoms with Crippen LogP contribution in [-0.4, -0.2) is 34.7 Å². The summed E-state index contributed by atoms with van der Waals surface area (Å²) in [5.41, 5.74) is -0.294. The molecule has 2 amide bonds. The molecule has 2 N–H and O–H groups in total. The summed E-state index contributed by atoms with van der Waals surface area (Å²) in [5.74, 6) is -0.0875. The zero-order chi connectivity index (χ0) is 20.9. The molecule has 0 aliphatic heterocycles. The number of carbonyl (C=O) groups excluding carboxylic acids is 2. The second-order valence-electron chi connectivity index (χ2n) is 8.96. The molecular weight excluding hydrogens is 362 g/mol. The number of alkyl carbamates (subject to hydrolysis) is 1. The van der Waals surface area contributed by atoms with Crippen LogP contribution in [-0.2, 0) is 21.4 Å². The second-order valence-corrected chi connectivity index (χ2v) is 9.82. The number of aromatic nitrogens is 1. The fourth-order valence-electron chi connectivity index (χ4n) is 2.51. The van der Waals surface area contributed by atoms with Crippen molar-refractivity contribution >= 4 is 23.3 Å². The lowest BCUT2D eigenvalue weighted by Gasteiger charge is -2.33. The monoisotopic (exact) mass is 397 g/mol. The van der Waals surface area contributed by atoms with Gasteiger partial charge in [-0.2, -0.15) is 0 Å². The van der Waals surface area contributed by atoms with Crippen molar-refractivity contribution < 1.29 is 14.3 Å². The average Bonchev–Trinajstić information content (AvgIpc) is 2.98. The molecule has 0 radical (unpaired) electrons. The van der Waals surface area contributed by atoms with Crippen molar-refractivity contribution in [3.63, 3.8) is 0 Å². The topological polar surface area (TPSA) is 80.3 Å². The molecule has 0 unspecified atom stereocenters. The minimum absolute atomic E-state index is 0.0205. The number of thiazole rings is 1. The lowest BCUT2D eigenvalue weighted by atomic mass is 9.92. The third kappa shape index (κ3) is 7.87. The molecule has 1 aromatic heterocycles. The largest absolute Gasteiger partial charge is 0.444 e. The molecular formula is C20H35N3O3S. The molecule has 0 atom stereocenters. The first kappa shape index (κ1) is 23.4. The van der Waals surface area contributed by atoms with Gasteiger partial charge in [-0.25, -0.2) is 9.78 Å². The van der Waals surface area contributed by atoms with Gasteiger partial charge in [-0.1, -0.05) is 34.6 Å². The summed E-state index contributed by atoms with van der Waals surface area (Å²) in [6.07, 6.45) is 1.17. The van der Waals surface area contributed by atoms with Crippen molar-refractivity contribution in [3.8, 4) is 0 Å². The normalized spacial score (nSPS) is 12.6. The Hall–Kier alpha value is -1.63. The van der Waals surface area contributed by atoms with Crippen LogP contribution in [0.3, 0.4) is 0 Å². The number of nitrogens with one attached hydrogen (secondary N) is 2. The van der Waals surface area contributed by atoms with Crippen LogP contribution >= 0.6 is 11.3 Å². The summed E-state index contributed by atoms with van der Waals surface area (Å²) in [5, 5.41) is 8.85. The Morgan fingerprint density at radius 3 is 2.15 bits per heavy atom. The molecule has 0 aliphatic carbocycles. The molecule has 1 aromatic rings. The molecule has 27 heavy (non-hydrogen) atoms. The number of amides is 2. The molecule has 0 bridgehead atoms. The lowest BCUT2D eigenvalue weighted by Crippen LogP contribution is -2.55. The molecule has 1 rings (SSSR count). The molecule has 0 fully saturated rings. The van der Waals surface area contributed by atoms with Crippen LogP contribution in [0.4, 0.5) is 4.79 Å². The van der Waals surface area contributed by atoms with E-state index in [9.17, 15) is 9.59 Å². The average molecular weight is 398 g/mol. The Morgan fingerprint density at radius 1 is 1.11 bits per heavy atom. The van der Waals surface area contributed by atoms with E-state index in [-0.39, 0.29) is 17.7 Å². The second kappa shape index (κ2) is 9.04. The quantitative estimate of drug-likeness (QED) is 0.723. The summed E-state index contributed by atoms with van der Waals surface area (Å²) in [4.78, 5) is 29.1. The Balaban J connectivity index is 2.70. The maximum atomic E-state index is 12.6. The number of hydrogen-bond acceptors (Lipinski definition) is 5. The first-order valence-corrected chi connectivity index (χ1v) is 10.4. The third-order valence-corrected chi connectivity index (χ3v) is 5.58. The Morgan fingerprint density at radius 2 is 1.70 bits per heavy atom. The fourth-order valence-corrected chi connectivity index (χ4v) is 3.42. The molecule has 6 nitrogen and oxygen atoms in total. The predicted octanol–water partition coefficient (Wildman–Crippen LogP) is 4.18. The van der Waals surface area contributed by atoms with Gasteiger partial charge in [0, 0.05) is 17.3 Å². The fraction of sp³-hybridized carbons (Fsp3) is 0.750. The van der Waals surface area contributed by atoms with Crippen molar-refractivity contribution in [1.29, 1.82) is 0 Å². The molecule has 0 aromatic carbocycles. The Bertz CT molecular complexity index is 638. The maximum absolute atomic E-state index is 12.6. The third-order valence-electron chi connectivity index (χ3n) is 4.26. The highest BCUT2D eigenvalue weighted by molar-refractivity contribution is 7.09. The Labute approximate surface area is 167 Å². The molecule has 0 saturated heterocycles. The van der Waals surface area contributed by atoms with Gasteiger partial charge < -0.3 is 15.4 Å². The Kier molecular flexibility index (Phi) is 7.84. The van der Waals surface area contributed by atoms with Gasteiger partial charge in [0.1, 0.15) is 5.60 Å². The van der Waals surface area contributed by atoms with Gasteiger partial charge >= 0.3 is 6.09 Å². The standard InChI is InChI=1S/C20H35N3O3S/c1-9-20(10-2,13-21-17(25)26-19(6,7)8)23-15(24)11-14-12-27-16(22-14)18(3,4)5/h12H,9-11,13H2,1-8H3,(H,21,25)(H,23,24). The van der Waals surface area contributed by atoms with Gasteiger partial charge in [-0.05, 0) is 33.6 Å². The van der Waals surface area contributed by atoms with Crippen molar-refractivity contribution in [2.75, 3.05) is 6.54 Å². The van der Waals surface area contributed by atoms with E-state index in [2.05, 4.69) is 36.4 Å². The van der Waals surface area contributed by atoms with E-state index in [1.807, 2.05) is 40.0 Å². The highest BCUT2D eigenvalue weighted by Crippen LogP contribution is 2.25. The number of hydrogen-bond donors (Lipinski definition) is 2. The van der Waals surface area contributed by atoms with E-state index in [0.29, 0.717) is 19.4 Å². The maximum Gasteiger partial charge on any atom is 0.407 e. The van der Waals surface area contributed by atoms with Crippen LogP contribution in [0.1, 0.15) is 78.9 Å². The predicted molar refractivity (Wildman–Crippen MR) is 110 cm³/mol. The number of nitrogens with zero attached hydrogens (tertiary/aromatic N) is 1. The minimum Gasteiger partial charge on any atom is -0.444 e. The van der Waals surface area contributed by atoms with Crippen LogP contribution in [0.2, 0.25) is 0 Å². The van der Waals surface area contributed by atoms with Gasteiger partial charge in [-0.3, -0.25) is 4.79 Å². The summed E-state index contributed by atoms with van der Waals surface area (Å²) in [7, 11) is 0. The minimum atomic E-state index is -0.552. The first-order valence-electron chi connectivity index (χ1n) is 9.53. The van der Waals surface area contributed by atoms with Crippen LogP contribution in [0.15, 0.2) is 5.38 Å². The van der Waals surface area contributed by atoms with Crippen molar-refractivity contribution in [1.82, 2.24) is 15.6 Å². The zero-order valence-corrected chi connectivity index (χ0v) is 18.8. The van der Waals surface area contributed by atoms with E-state index in [0.717, 1.165) is 10.7 Å². The molecule has 0 spiro atoms. The van der Waals surface area contributed by atoms with Crippen LogP contribution in [0.25, 0.3) is 0 Å². The number of ether oxygens (including phenoxy) is 1. The van der Waals surface area contributed by atoms with Crippen LogP contribution in [0.5, 0.6) is 0 Å². The summed E-state index contributed by atoms with van der Waals surface area (Å²) >= 11 is 1.58. The molecule has 0 saturated carbocycles. The zero-order valence-electron chi connectivity index (χ0n) is 18.0. The van der Waals surface area contributed by atoms with Crippen LogP contribution in [0, 0.1) is 0 Å². The van der Waals surface area contributed by atoms with E-state index in [1.54, 1.807) is 11.3 Å². The van der Waals surface area contributed by atoms with Gasteiger partial charge in [0.25, 0.3) is 0 Å². The van der Waals surface area contributed by atoms with Crippen molar-refractivity contribution in [3.05, 3.63) is 16.1 Å². The lowest BCUT2D eigenvalue weighted by molar-refractivity contribution is -0.122. The van der Waals surface area contributed by atoms with Crippen molar-refractivity contribution in [2.24, 2.45) is 0 Å². The SMILES string of the molecule is CCC(CC)(CNC(=O)OC(C)(C)C)NC(=O)Cc1csc(C(C)(C)C)n1. The van der Waals surface area contributed by atoms with Crippen LogP contribution < -0.4 is 10.6 Å². The van der Waals surface area contributed by atoms with Gasteiger partial charge in [-0.15, -0.1) is 11.3 Å².